The third-order valence-electron chi connectivity index (χ3n) is 6.88. The summed E-state index contributed by atoms with van der Waals surface area (Å²) >= 11 is 7.17. The lowest BCUT2D eigenvalue weighted by Crippen LogP contribution is -2.49. The minimum absolute atomic E-state index is 0.0685. The number of ether oxygens (including phenoxy) is 3. The molecule has 0 saturated carbocycles. The molecule has 1 aromatic rings. The summed E-state index contributed by atoms with van der Waals surface area (Å²) in [5, 5.41) is 0.623. The fourth-order valence-corrected chi connectivity index (χ4v) is 5.77. The second-order valence-electron chi connectivity index (χ2n) is 10.0. The van der Waals surface area contributed by atoms with Gasteiger partial charge >= 0.3 is 5.97 Å². The van der Waals surface area contributed by atoms with Gasteiger partial charge in [0.2, 0.25) is 5.12 Å². The summed E-state index contributed by atoms with van der Waals surface area (Å²) in [6, 6.07) is 10.1. The highest BCUT2D eigenvalue weighted by atomic mass is 35.5. The molecular formula is C28H40ClN3O5S. The lowest BCUT2D eigenvalue weighted by Gasteiger charge is -2.42. The van der Waals surface area contributed by atoms with E-state index in [-0.39, 0.29) is 11.7 Å². The second-order valence-corrected chi connectivity index (χ2v) is 12.2. The Kier molecular flexibility index (Phi) is 12.3. The van der Waals surface area contributed by atoms with Crippen molar-refractivity contribution in [3.05, 3.63) is 59.2 Å². The van der Waals surface area contributed by atoms with Crippen LogP contribution in [0.5, 0.6) is 0 Å². The van der Waals surface area contributed by atoms with Crippen LogP contribution in [0.1, 0.15) is 31.9 Å². The molecule has 1 heterocycles. The summed E-state index contributed by atoms with van der Waals surface area (Å²) in [6.07, 6.45) is 7.31. The zero-order valence-corrected chi connectivity index (χ0v) is 24.1. The van der Waals surface area contributed by atoms with E-state index in [4.69, 9.17) is 26.8 Å². The maximum atomic E-state index is 12.2. The van der Waals surface area contributed by atoms with Crippen molar-refractivity contribution < 1.29 is 23.8 Å². The highest BCUT2D eigenvalue weighted by Gasteiger charge is 2.36. The standard InChI is InChI=1S/C28H40ClN3O5S/c1-28(2,26(30)27(34)35-3)38-24(33)19-36-17-18-37-20-31-13-15-32(16-14-31)25(21-7-5-4-6-8-21)22-9-11-23(29)12-10-22/h4-9,11-12,22,25-26H,10,13-20,30H2,1-3H3. The van der Waals surface area contributed by atoms with Gasteiger partial charge in [-0.3, -0.25) is 19.4 Å². The van der Waals surface area contributed by atoms with E-state index in [1.165, 1.54) is 12.7 Å². The molecule has 0 bridgehead atoms. The van der Waals surface area contributed by atoms with Crippen LogP contribution in [0, 0.1) is 5.92 Å². The lowest BCUT2D eigenvalue weighted by molar-refractivity contribution is -0.142. The van der Waals surface area contributed by atoms with Gasteiger partial charge in [0.05, 0.1) is 27.1 Å². The summed E-state index contributed by atoms with van der Waals surface area (Å²) < 4.78 is 15.2. The van der Waals surface area contributed by atoms with Gasteiger partial charge in [0.25, 0.3) is 0 Å². The number of carbonyl (C=O) groups is 2. The number of hydrogen-bond donors (Lipinski definition) is 1. The van der Waals surface area contributed by atoms with E-state index in [0.717, 1.165) is 49.4 Å². The smallest absolute Gasteiger partial charge is 0.324 e. The van der Waals surface area contributed by atoms with E-state index in [9.17, 15) is 9.59 Å². The third-order valence-corrected chi connectivity index (χ3v) is 8.29. The van der Waals surface area contributed by atoms with Gasteiger partial charge in [-0.05, 0) is 31.9 Å². The van der Waals surface area contributed by atoms with Crippen molar-refractivity contribution in [1.29, 1.82) is 0 Å². The van der Waals surface area contributed by atoms with Gasteiger partial charge in [0, 0.05) is 47.9 Å². The predicted octanol–water partition coefficient (Wildman–Crippen LogP) is 3.57. The van der Waals surface area contributed by atoms with Gasteiger partial charge in [0.1, 0.15) is 12.6 Å². The van der Waals surface area contributed by atoms with Crippen LogP contribution in [-0.2, 0) is 23.8 Å². The number of nitrogens with two attached hydrogens (primary N) is 1. The fraction of sp³-hybridized carbons (Fsp3) is 0.571. The number of esters is 1. The Morgan fingerprint density at radius 1 is 1.13 bits per heavy atom. The summed E-state index contributed by atoms with van der Waals surface area (Å²) in [5.41, 5.74) is 7.22. The monoisotopic (exact) mass is 565 g/mol. The topological polar surface area (TPSA) is 94.3 Å². The average Bonchev–Trinajstić information content (AvgIpc) is 2.92. The number of methoxy groups -OCH3 is 1. The molecule has 1 aliphatic heterocycles. The first kappa shape index (κ1) is 30.8. The summed E-state index contributed by atoms with van der Waals surface area (Å²) in [6.45, 7) is 8.39. The number of thioether (sulfide) groups is 1. The molecule has 1 fully saturated rings. The van der Waals surface area contributed by atoms with Gasteiger partial charge in [-0.2, -0.15) is 0 Å². The lowest BCUT2D eigenvalue weighted by atomic mass is 9.86. The molecule has 1 aromatic carbocycles. The van der Waals surface area contributed by atoms with Gasteiger partial charge < -0.3 is 19.9 Å². The quantitative estimate of drug-likeness (QED) is 0.284. The normalized spacial score (nSPS) is 20.6. The molecule has 0 radical (unpaired) electrons. The highest BCUT2D eigenvalue weighted by molar-refractivity contribution is 8.14. The number of nitrogens with zero attached hydrogens (tertiary/aromatic N) is 2. The highest BCUT2D eigenvalue weighted by Crippen LogP contribution is 2.35. The zero-order valence-electron chi connectivity index (χ0n) is 22.5. The van der Waals surface area contributed by atoms with E-state index in [2.05, 4.69) is 57.0 Å². The molecule has 10 heteroatoms. The van der Waals surface area contributed by atoms with Crippen molar-refractivity contribution >= 4 is 34.4 Å². The van der Waals surface area contributed by atoms with Crippen molar-refractivity contribution in [2.24, 2.45) is 11.7 Å². The zero-order chi connectivity index (χ0) is 27.5. The molecule has 0 spiro atoms. The minimum atomic E-state index is -0.900. The fourth-order valence-electron chi connectivity index (χ4n) is 4.66. The van der Waals surface area contributed by atoms with Crippen LogP contribution in [0.4, 0.5) is 0 Å². The van der Waals surface area contributed by atoms with Crippen LogP contribution in [-0.4, -0.2) is 91.5 Å². The Labute approximate surface area is 235 Å². The summed E-state index contributed by atoms with van der Waals surface area (Å²) in [5.74, 6) is -0.156. The Balaban J connectivity index is 1.35. The number of carbonyl (C=O) groups excluding carboxylic acids is 2. The Morgan fingerprint density at radius 3 is 2.45 bits per heavy atom. The van der Waals surface area contributed by atoms with Crippen molar-refractivity contribution in [2.75, 3.05) is 59.8 Å². The largest absolute Gasteiger partial charge is 0.468 e. The maximum Gasteiger partial charge on any atom is 0.324 e. The van der Waals surface area contributed by atoms with Crippen LogP contribution in [0.2, 0.25) is 0 Å². The first-order valence-corrected chi connectivity index (χ1v) is 14.2. The van der Waals surface area contributed by atoms with Crippen LogP contribution < -0.4 is 5.73 Å². The molecule has 1 saturated heterocycles. The molecule has 8 nitrogen and oxygen atoms in total. The van der Waals surface area contributed by atoms with Crippen LogP contribution in [0.3, 0.4) is 0 Å². The molecule has 3 atom stereocenters. The molecule has 2 N–H and O–H groups in total. The third kappa shape index (κ3) is 9.19. The summed E-state index contributed by atoms with van der Waals surface area (Å²) in [7, 11) is 1.28. The number of rotatable bonds is 13. The van der Waals surface area contributed by atoms with E-state index in [0.29, 0.717) is 31.9 Å². The molecule has 2 aliphatic rings. The molecular weight excluding hydrogens is 526 g/mol. The van der Waals surface area contributed by atoms with Crippen LogP contribution in [0.25, 0.3) is 0 Å². The number of halogens is 1. The van der Waals surface area contributed by atoms with Crippen LogP contribution >= 0.6 is 23.4 Å². The van der Waals surface area contributed by atoms with Crippen molar-refractivity contribution in [3.63, 3.8) is 0 Å². The molecule has 38 heavy (non-hydrogen) atoms. The molecule has 3 unspecified atom stereocenters. The van der Waals surface area contributed by atoms with Gasteiger partial charge in [-0.15, -0.1) is 0 Å². The maximum absolute atomic E-state index is 12.2. The second kappa shape index (κ2) is 15.2. The predicted molar refractivity (Wildman–Crippen MR) is 152 cm³/mol. The molecule has 1 aliphatic carbocycles. The Bertz CT molecular complexity index is 966. The average molecular weight is 566 g/mol. The SMILES string of the molecule is COC(=O)C(N)C(C)(C)SC(=O)COCCOCN1CCN(C(c2ccccc2)C2C=CC(Cl)=CC2)CC1. The van der Waals surface area contributed by atoms with Gasteiger partial charge in [-0.1, -0.05) is 65.8 Å². The number of piperazine rings is 1. The van der Waals surface area contributed by atoms with Crippen LogP contribution in [0.15, 0.2) is 53.6 Å². The molecule has 0 amide bonds. The number of benzene rings is 1. The van der Waals surface area contributed by atoms with Crippen molar-refractivity contribution in [2.45, 2.75) is 37.1 Å². The van der Waals surface area contributed by atoms with E-state index >= 15 is 0 Å². The first-order chi connectivity index (χ1) is 18.2. The molecule has 210 valence electrons. The Morgan fingerprint density at radius 2 is 1.82 bits per heavy atom. The molecule has 0 aromatic heterocycles. The summed E-state index contributed by atoms with van der Waals surface area (Å²) in [4.78, 5) is 28.8. The number of allylic oxidation sites excluding steroid dienone is 3. The minimum Gasteiger partial charge on any atom is -0.468 e. The van der Waals surface area contributed by atoms with Crippen molar-refractivity contribution in [3.8, 4) is 0 Å². The van der Waals surface area contributed by atoms with E-state index < -0.39 is 16.8 Å². The Hall–Kier alpha value is -1.72. The van der Waals surface area contributed by atoms with E-state index in [1.54, 1.807) is 13.8 Å². The van der Waals surface area contributed by atoms with Gasteiger partial charge in [0.15, 0.2) is 0 Å². The van der Waals surface area contributed by atoms with Crippen molar-refractivity contribution in [1.82, 2.24) is 9.80 Å². The van der Waals surface area contributed by atoms with E-state index in [1.807, 2.05) is 6.08 Å². The first-order valence-electron chi connectivity index (χ1n) is 13.0. The molecule has 3 rings (SSSR count). The number of hydrogen-bond acceptors (Lipinski definition) is 9. The van der Waals surface area contributed by atoms with Gasteiger partial charge in [-0.25, -0.2) is 0 Å².